The Hall–Kier alpha value is -0.790. The van der Waals surface area contributed by atoms with Crippen LogP contribution in [-0.4, -0.2) is 11.9 Å². The normalized spacial score (nSPS) is 9.67. The van der Waals surface area contributed by atoms with Gasteiger partial charge in [0, 0.05) is 0 Å². The molecular weight excluding hydrogens is 220 g/mol. The van der Waals surface area contributed by atoms with Crippen molar-refractivity contribution in [2.75, 3.05) is 0 Å². The molecular formula is C5O4S3-2. The van der Waals surface area contributed by atoms with E-state index in [1.54, 1.807) is 0 Å². The Labute approximate surface area is 79.7 Å². The molecule has 4 nitrogen and oxygen atoms in total. The molecule has 0 aliphatic carbocycles. The lowest BCUT2D eigenvalue weighted by molar-refractivity contribution is -0.259. The first-order valence-electron chi connectivity index (χ1n) is 2.59. The highest BCUT2D eigenvalue weighted by Gasteiger charge is 2.08. The molecule has 0 amide bonds. The molecule has 0 unspecified atom stereocenters. The van der Waals surface area contributed by atoms with Gasteiger partial charge in [-0.1, -0.05) is 12.2 Å². The van der Waals surface area contributed by atoms with Gasteiger partial charge in [-0.3, -0.25) is 0 Å². The maximum Gasteiger partial charge on any atom is 0.144 e. The Morgan fingerprint density at radius 3 is 1.67 bits per heavy atom. The van der Waals surface area contributed by atoms with Gasteiger partial charge in [0.1, 0.15) is 3.14 Å². The van der Waals surface area contributed by atoms with E-state index in [2.05, 4.69) is 12.2 Å². The van der Waals surface area contributed by atoms with E-state index in [0.717, 1.165) is 0 Å². The first kappa shape index (κ1) is 9.30. The van der Waals surface area contributed by atoms with Crippen molar-refractivity contribution in [3.63, 3.8) is 0 Å². The number of carbonyl (C=O) groups is 2. The van der Waals surface area contributed by atoms with Crippen LogP contribution in [0.25, 0.3) is 0 Å². The molecule has 7 heteroatoms. The van der Waals surface area contributed by atoms with E-state index in [1.807, 2.05) is 0 Å². The predicted molar refractivity (Wildman–Crippen MR) is 41.7 cm³/mol. The molecule has 0 N–H and O–H groups in total. The lowest BCUT2D eigenvalue weighted by atomic mass is 10.4. The minimum Gasteiger partial charge on any atom is -0.544 e. The molecule has 0 saturated carbocycles. The quantitative estimate of drug-likeness (QED) is 0.614. The van der Waals surface area contributed by atoms with Crippen molar-refractivity contribution in [3.8, 4) is 0 Å². The number of hydrogen-bond acceptors (Lipinski definition) is 7. The van der Waals surface area contributed by atoms with Crippen molar-refractivity contribution >= 4 is 46.8 Å². The Morgan fingerprint density at radius 2 is 1.42 bits per heavy atom. The van der Waals surface area contributed by atoms with Gasteiger partial charge in [0.15, 0.2) is 0 Å². The molecule has 0 atom stereocenters. The second-order valence-corrected chi connectivity index (χ2v) is 4.91. The van der Waals surface area contributed by atoms with Crippen LogP contribution >= 0.6 is 34.9 Å². The van der Waals surface area contributed by atoms with Gasteiger partial charge >= 0.3 is 0 Å². The summed E-state index contributed by atoms with van der Waals surface area (Å²) in [6, 6.07) is 0. The third kappa shape index (κ3) is 1.68. The van der Waals surface area contributed by atoms with E-state index in [-0.39, 0.29) is 12.9 Å². The summed E-state index contributed by atoms with van der Waals surface area (Å²) in [7, 11) is 0. The number of carboxylic acid groups (broad SMARTS) is 2. The number of carboxylic acids is 2. The monoisotopic (exact) mass is 220 g/mol. The smallest absolute Gasteiger partial charge is 0.144 e. The zero-order valence-electron chi connectivity index (χ0n) is 5.36. The van der Waals surface area contributed by atoms with Gasteiger partial charge in [0.05, 0.1) is 21.7 Å². The molecule has 1 aromatic rings. The first-order valence-corrected chi connectivity index (χ1v) is 4.63. The third-order valence-corrected chi connectivity index (χ3v) is 3.56. The number of rotatable bonds is 2. The summed E-state index contributed by atoms with van der Waals surface area (Å²) < 4.78 is 0.230. The van der Waals surface area contributed by atoms with E-state index in [9.17, 15) is 19.8 Å². The summed E-state index contributed by atoms with van der Waals surface area (Å²) >= 11 is 6.02. The molecule has 1 rings (SSSR count). The van der Waals surface area contributed by atoms with E-state index in [0.29, 0.717) is 22.7 Å². The lowest BCUT2D eigenvalue weighted by Crippen LogP contribution is -2.27. The topological polar surface area (TPSA) is 80.3 Å². The highest BCUT2D eigenvalue weighted by atomic mass is 32.2. The Morgan fingerprint density at radius 1 is 1.08 bits per heavy atom. The van der Waals surface area contributed by atoms with Crippen LogP contribution in [0.5, 0.6) is 0 Å². The highest BCUT2D eigenvalue weighted by Crippen LogP contribution is 2.23. The van der Waals surface area contributed by atoms with Gasteiger partial charge in [-0.05, 0) is 0 Å². The Kier molecular flexibility index (Phi) is 2.55. The molecule has 0 spiro atoms. The zero-order chi connectivity index (χ0) is 9.30. The van der Waals surface area contributed by atoms with Crippen molar-refractivity contribution in [2.45, 2.75) is 0 Å². The summed E-state index contributed by atoms with van der Waals surface area (Å²) in [5, 5.41) is 20.6. The van der Waals surface area contributed by atoms with Crippen molar-refractivity contribution in [3.05, 3.63) is 12.9 Å². The molecule has 0 saturated heterocycles. The fourth-order valence-electron chi connectivity index (χ4n) is 0.549. The molecule has 0 aliphatic heterocycles. The third-order valence-electron chi connectivity index (χ3n) is 0.948. The predicted octanol–water partition coefficient (Wildman–Crippen LogP) is -0.734. The van der Waals surface area contributed by atoms with Gasteiger partial charge in [-0.2, -0.15) is 0 Å². The Bertz CT molecular complexity index is 353. The van der Waals surface area contributed by atoms with Crippen LogP contribution in [0.1, 0.15) is 19.3 Å². The summed E-state index contributed by atoms with van der Waals surface area (Å²) in [4.78, 5) is 19.9. The fraction of sp³-hybridized carbons (Fsp3) is 0. The van der Waals surface area contributed by atoms with Crippen LogP contribution in [0.3, 0.4) is 0 Å². The molecule has 12 heavy (non-hydrogen) atoms. The van der Waals surface area contributed by atoms with Crippen molar-refractivity contribution < 1.29 is 19.8 Å². The lowest BCUT2D eigenvalue weighted by Gasteiger charge is -2.02. The summed E-state index contributed by atoms with van der Waals surface area (Å²) in [6.45, 7) is 0. The van der Waals surface area contributed by atoms with E-state index >= 15 is 0 Å². The fourth-order valence-corrected chi connectivity index (χ4v) is 2.82. The van der Waals surface area contributed by atoms with Gasteiger partial charge in [0.2, 0.25) is 0 Å². The van der Waals surface area contributed by atoms with Gasteiger partial charge in [-0.25, -0.2) is 0 Å². The van der Waals surface area contributed by atoms with Gasteiger partial charge < -0.3 is 19.8 Å². The van der Waals surface area contributed by atoms with Crippen molar-refractivity contribution in [2.24, 2.45) is 0 Å². The van der Waals surface area contributed by atoms with Crippen LogP contribution in [0.15, 0.2) is 0 Å². The molecule has 64 valence electrons. The summed E-state index contributed by atoms with van der Waals surface area (Å²) in [5.41, 5.74) is 0. The average Bonchev–Trinajstić information content (AvgIpc) is 2.31. The van der Waals surface area contributed by atoms with Gasteiger partial charge in [-0.15, -0.1) is 22.7 Å². The second-order valence-electron chi connectivity index (χ2n) is 1.69. The van der Waals surface area contributed by atoms with Crippen molar-refractivity contribution in [1.29, 1.82) is 0 Å². The summed E-state index contributed by atoms with van der Waals surface area (Å²) in [5.74, 6) is -3.07. The first-order chi connectivity index (χ1) is 5.52. The standard InChI is InChI=1S/C5H2O4S3/c6-3(7)1-2(4(8)9)12-5(10)11-1/h(H,6,7)(H,8,9)/p-2. The van der Waals surface area contributed by atoms with Crippen LogP contribution < -0.4 is 10.2 Å². The largest absolute Gasteiger partial charge is 0.544 e. The van der Waals surface area contributed by atoms with Crippen LogP contribution in [0.2, 0.25) is 0 Å². The van der Waals surface area contributed by atoms with Crippen LogP contribution in [-0.2, 0) is 0 Å². The molecule has 1 aromatic heterocycles. The number of carbonyl (C=O) groups excluding carboxylic acids is 2. The molecule has 0 bridgehead atoms. The zero-order valence-corrected chi connectivity index (χ0v) is 7.81. The SMILES string of the molecule is O=C([O-])c1sc(=S)sc1C(=O)[O-]. The Balaban J connectivity index is 3.36. The number of hydrogen-bond donors (Lipinski definition) is 0. The molecule has 0 fully saturated rings. The molecule has 0 radical (unpaired) electrons. The van der Waals surface area contributed by atoms with E-state index in [1.165, 1.54) is 0 Å². The van der Waals surface area contributed by atoms with Gasteiger partial charge in [0.25, 0.3) is 0 Å². The minimum atomic E-state index is -1.54. The van der Waals surface area contributed by atoms with Crippen molar-refractivity contribution in [1.82, 2.24) is 0 Å². The van der Waals surface area contributed by atoms with Crippen LogP contribution in [0.4, 0.5) is 0 Å². The maximum absolute atomic E-state index is 10.3. The minimum absolute atomic E-state index is 0.230. The number of aromatic carboxylic acids is 2. The maximum atomic E-state index is 10.3. The molecule has 0 aliphatic rings. The highest BCUT2D eigenvalue weighted by molar-refractivity contribution is 7.76. The van der Waals surface area contributed by atoms with E-state index < -0.39 is 11.9 Å². The average molecular weight is 220 g/mol. The van der Waals surface area contributed by atoms with E-state index in [4.69, 9.17) is 0 Å². The summed E-state index contributed by atoms with van der Waals surface area (Å²) in [6.07, 6.45) is 0. The molecule has 0 aromatic carbocycles. The van der Waals surface area contributed by atoms with Crippen LogP contribution in [0, 0.1) is 3.14 Å². The molecule has 1 heterocycles. The second kappa shape index (κ2) is 3.30.